The Hall–Kier alpha value is -2.82. The fraction of sp³-hybridized carbons (Fsp3) is 0.333. The molecule has 0 spiro atoms. The molecule has 2 amide bonds. The van der Waals surface area contributed by atoms with E-state index in [4.69, 9.17) is 4.74 Å². The van der Waals surface area contributed by atoms with Crippen LogP contribution in [0.1, 0.15) is 46.8 Å². The van der Waals surface area contributed by atoms with Crippen LogP contribution in [0.4, 0.5) is 0 Å². The van der Waals surface area contributed by atoms with Gasteiger partial charge in [0.15, 0.2) is 6.61 Å². The van der Waals surface area contributed by atoms with Crippen LogP contribution in [0.25, 0.3) is 0 Å². The molecule has 0 aliphatic rings. The zero-order valence-corrected chi connectivity index (χ0v) is 15.8. The van der Waals surface area contributed by atoms with Gasteiger partial charge in [-0.2, -0.15) is 0 Å². The van der Waals surface area contributed by atoms with E-state index in [1.165, 1.54) is 5.56 Å². The number of rotatable bonds is 7. The first-order chi connectivity index (χ1) is 12.4. The summed E-state index contributed by atoms with van der Waals surface area (Å²) in [5.41, 5.74) is 3.60. The fourth-order valence-electron chi connectivity index (χ4n) is 2.49. The molecule has 2 aromatic carbocycles. The molecular formula is C21H26N2O3. The fourth-order valence-corrected chi connectivity index (χ4v) is 2.49. The Labute approximate surface area is 154 Å². The van der Waals surface area contributed by atoms with Crippen LogP contribution in [0.3, 0.4) is 0 Å². The topological polar surface area (TPSA) is 67.4 Å². The molecule has 0 saturated carbocycles. The van der Waals surface area contributed by atoms with E-state index in [1.807, 2.05) is 25.1 Å². The van der Waals surface area contributed by atoms with Crippen molar-refractivity contribution in [2.45, 2.75) is 33.2 Å². The number of carbonyl (C=O) groups is 2. The highest BCUT2D eigenvalue weighted by molar-refractivity contribution is 5.94. The molecule has 2 N–H and O–H groups in total. The maximum absolute atomic E-state index is 12.1. The van der Waals surface area contributed by atoms with Crippen LogP contribution < -0.4 is 15.4 Å². The van der Waals surface area contributed by atoms with Gasteiger partial charge in [-0.25, -0.2) is 0 Å². The average Bonchev–Trinajstić information content (AvgIpc) is 2.65. The van der Waals surface area contributed by atoms with Crippen LogP contribution in [-0.2, 0) is 11.3 Å². The summed E-state index contributed by atoms with van der Waals surface area (Å²) in [6.07, 6.45) is 0. The van der Waals surface area contributed by atoms with Crippen LogP contribution in [0.5, 0.6) is 5.75 Å². The number of amides is 2. The number of ether oxygens (including phenoxy) is 1. The summed E-state index contributed by atoms with van der Waals surface area (Å²) in [6.45, 7) is 6.50. The SMILES string of the molecule is CNC(=O)c1cccc(CNC(=O)COc2cc(C(C)C)ccc2C)c1. The molecule has 5 heteroatoms. The number of benzene rings is 2. The van der Waals surface area contributed by atoms with E-state index >= 15 is 0 Å². The van der Waals surface area contributed by atoms with Gasteiger partial charge in [0, 0.05) is 19.2 Å². The van der Waals surface area contributed by atoms with Crippen molar-refractivity contribution in [3.63, 3.8) is 0 Å². The van der Waals surface area contributed by atoms with E-state index in [0.29, 0.717) is 18.0 Å². The number of carbonyl (C=O) groups excluding carboxylic acids is 2. The van der Waals surface area contributed by atoms with E-state index in [0.717, 1.165) is 16.9 Å². The van der Waals surface area contributed by atoms with Crippen LogP contribution in [0, 0.1) is 6.92 Å². The first-order valence-corrected chi connectivity index (χ1v) is 8.71. The van der Waals surface area contributed by atoms with Gasteiger partial charge in [-0.1, -0.05) is 38.1 Å². The Morgan fingerprint density at radius 3 is 2.58 bits per heavy atom. The van der Waals surface area contributed by atoms with E-state index < -0.39 is 0 Å². The summed E-state index contributed by atoms with van der Waals surface area (Å²) < 4.78 is 5.68. The summed E-state index contributed by atoms with van der Waals surface area (Å²) in [5.74, 6) is 0.777. The second kappa shape index (κ2) is 9.04. The smallest absolute Gasteiger partial charge is 0.258 e. The van der Waals surface area contributed by atoms with Gasteiger partial charge in [0.25, 0.3) is 11.8 Å². The molecule has 0 saturated heterocycles. The number of aryl methyl sites for hydroxylation is 1. The van der Waals surface area contributed by atoms with E-state index in [2.05, 4.69) is 30.5 Å². The Kier molecular flexibility index (Phi) is 6.78. The van der Waals surface area contributed by atoms with Gasteiger partial charge in [0.2, 0.25) is 0 Å². The van der Waals surface area contributed by atoms with Crippen molar-refractivity contribution in [1.29, 1.82) is 0 Å². The largest absolute Gasteiger partial charge is 0.483 e. The zero-order valence-electron chi connectivity index (χ0n) is 15.8. The average molecular weight is 354 g/mol. The lowest BCUT2D eigenvalue weighted by molar-refractivity contribution is -0.123. The third-order valence-electron chi connectivity index (χ3n) is 4.14. The minimum absolute atomic E-state index is 0.0441. The predicted octanol–water partition coefficient (Wildman–Crippen LogP) is 3.17. The Morgan fingerprint density at radius 2 is 1.88 bits per heavy atom. The lowest BCUT2D eigenvalue weighted by Gasteiger charge is -2.13. The van der Waals surface area contributed by atoms with Crippen molar-refractivity contribution in [3.05, 3.63) is 64.7 Å². The second-order valence-corrected chi connectivity index (χ2v) is 6.52. The van der Waals surface area contributed by atoms with Crippen molar-refractivity contribution >= 4 is 11.8 Å². The molecule has 2 rings (SSSR count). The van der Waals surface area contributed by atoms with Crippen LogP contribution >= 0.6 is 0 Å². The minimum atomic E-state index is -0.204. The normalized spacial score (nSPS) is 10.5. The Balaban J connectivity index is 1.90. The summed E-state index contributed by atoms with van der Waals surface area (Å²) in [4.78, 5) is 23.7. The lowest BCUT2D eigenvalue weighted by Crippen LogP contribution is -2.28. The van der Waals surface area contributed by atoms with Gasteiger partial charge >= 0.3 is 0 Å². The maximum atomic E-state index is 12.1. The zero-order chi connectivity index (χ0) is 19.1. The summed E-state index contributed by atoms with van der Waals surface area (Å²) in [6, 6.07) is 13.2. The van der Waals surface area contributed by atoms with E-state index in [9.17, 15) is 9.59 Å². The van der Waals surface area contributed by atoms with Crippen LogP contribution in [0.15, 0.2) is 42.5 Å². The van der Waals surface area contributed by atoms with Crippen molar-refractivity contribution < 1.29 is 14.3 Å². The maximum Gasteiger partial charge on any atom is 0.258 e. The van der Waals surface area contributed by atoms with Gasteiger partial charge in [-0.15, -0.1) is 0 Å². The lowest BCUT2D eigenvalue weighted by atomic mass is 10.0. The second-order valence-electron chi connectivity index (χ2n) is 6.52. The number of hydrogen-bond acceptors (Lipinski definition) is 3. The highest BCUT2D eigenvalue weighted by atomic mass is 16.5. The third-order valence-corrected chi connectivity index (χ3v) is 4.14. The quantitative estimate of drug-likeness (QED) is 0.802. The van der Waals surface area contributed by atoms with Crippen LogP contribution in [0.2, 0.25) is 0 Å². The first kappa shape index (κ1) is 19.5. The molecule has 2 aromatic rings. The molecule has 0 radical (unpaired) electrons. The minimum Gasteiger partial charge on any atom is -0.483 e. The monoisotopic (exact) mass is 354 g/mol. The Bertz CT molecular complexity index is 785. The molecule has 0 aliphatic carbocycles. The van der Waals surface area contributed by atoms with Gasteiger partial charge in [-0.05, 0) is 47.7 Å². The molecule has 5 nitrogen and oxygen atoms in total. The molecular weight excluding hydrogens is 328 g/mol. The molecule has 0 aliphatic heterocycles. The van der Waals surface area contributed by atoms with Gasteiger partial charge in [0.1, 0.15) is 5.75 Å². The summed E-state index contributed by atoms with van der Waals surface area (Å²) >= 11 is 0. The molecule has 0 heterocycles. The van der Waals surface area contributed by atoms with E-state index in [1.54, 1.807) is 25.2 Å². The first-order valence-electron chi connectivity index (χ1n) is 8.71. The predicted molar refractivity (Wildman–Crippen MR) is 102 cm³/mol. The summed E-state index contributed by atoms with van der Waals surface area (Å²) in [7, 11) is 1.59. The number of nitrogens with one attached hydrogen (secondary N) is 2. The molecule has 0 fully saturated rings. The molecule has 0 unspecified atom stereocenters. The summed E-state index contributed by atoms with van der Waals surface area (Å²) in [5, 5.41) is 5.40. The van der Waals surface area contributed by atoms with Gasteiger partial charge in [0.05, 0.1) is 0 Å². The van der Waals surface area contributed by atoms with E-state index in [-0.39, 0.29) is 18.4 Å². The standard InChI is InChI=1S/C21H26N2O3/c1-14(2)17-9-8-15(3)19(11-17)26-13-20(24)23-12-16-6-5-7-18(10-16)21(25)22-4/h5-11,14H,12-13H2,1-4H3,(H,22,25)(H,23,24). The van der Waals surface area contributed by atoms with Gasteiger partial charge in [-0.3, -0.25) is 9.59 Å². The van der Waals surface area contributed by atoms with Crippen molar-refractivity contribution in [2.24, 2.45) is 0 Å². The van der Waals surface area contributed by atoms with Crippen molar-refractivity contribution in [3.8, 4) is 5.75 Å². The molecule has 138 valence electrons. The highest BCUT2D eigenvalue weighted by Gasteiger charge is 2.09. The molecule has 26 heavy (non-hydrogen) atoms. The molecule has 0 atom stereocenters. The third kappa shape index (κ3) is 5.34. The van der Waals surface area contributed by atoms with Gasteiger partial charge < -0.3 is 15.4 Å². The highest BCUT2D eigenvalue weighted by Crippen LogP contribution is 2.24. The van der Waals surface area contributed by atoms with Crippen molar-refractivity contribution in [2.75, 3.05) is 13.7 Å². The van der Waals surface area contributed by atoms with Crippen LogP contribution in [-0.4, -0.2) is 25.5 Å². The number of hydrogen-bond donors (Lipinski definition) is 2. The van der Waals surface area contributed by atoms with Crippen molar-refractivity contribution in [1.82, 2.24) is 10.6 Å². The Morgan fingerprint density at radius 1 is 1.12 bits per heavy atom. The molecule has 0 aromatic heterocycles. The molecule has 0 bridgehead atoms.